The third kappa shape index (κ3) is 4.35. The smallest absolute Gasteiger partial charge is 0.335 e. The number of pyridine rings is 1. The molecule has 0 aliphatic heterocycles. The van der Waals surface area contributed by atoms with Crippen molar-refractivity contribution in [3.8, 4) is 0 Å². The van der Waals surface area contributed by atoms with Crippen LogP contribution in [0.1, 0.15) is 19.8 Å². The van der Waals surface area contributed by atoms with Crippen molar-refractivity contribution in [2.24, 2.45) is 0 Å². The van der Waals surface area contributed by atoms with E-state index in [2.05, 4.69) is 32.2 Å². The predicted octanol–water partition coefficient (Wildman–Crippen LogP) is 2.84. The van der Waals surface area contributed by atoms with Crippen molar-refractivity contribution in [1.82, 2.24) is 15.0 Å². The quantitative estimate of drug-likeness (QED) is 0.524. The number of hydrogen-bond donors (Lipinski definition) is 3. The van der Waals surface area contributed by atoms with Crippen LogP contribution < -0.4 is 21.2 Å². The first-order chi connectivity index (χ1) is 14.9. The molecule has 4 rings (SSSR count). The summed E-state index contributed by atoms with van der Waals surface area (Å²) in [5.74, 6) is -2.00. The zero-order valence-corrected chi connectivity index (χ0v) is 16.6. The number of nitrogens with one attached hydrogen (secondary N) is 2. The number of halogens is 2. The Morgan fingerprint density at radius 1 is 1.29 bits per heavy atom. The van der Waals surface area contributed by atoms with Gasteiger partial charge in [-0.15, -0.1) is 0 Å². The Morgan fingerprint density at radius 3 is 2.71 bits per heavy atom. The van der Waals surface area contributed by atoms with Crippen LogP contribution in [0.2, 0.25) is 0 Å². The minimum absolute atomic E-state index is 0.0374. The van der Waals surface area contributed by atoms with Gasteiger partial charge >= 0.3 is 5.97 Å². The van der Waals surface area contributed by atoms with Gasteiger partial charge in [-0.1, -0.05) is 12.7 Å². The summed E-state index contributed by atoms with van der Waals surface area (Å²) >= 11 is 0. The maximum Gasteiger partial charge on any atom is 0.335 e. The fourth-order valence-electron chi connectivity index (χ4n) is 3.06. The maximum absolute atomic E-state index is 14.0. The molecular weight excluding hydrogens is 404 g/mol. The number of carboxylic acid groups (broad SMARTS) is 1. The summed E-state index contributed by atoms with van der Waals surface area (Å²) in [5.41, 5.74) is 0.437. The van der Waals surface area contributed by atoms with E-state index in [1.807, 2.05) is 0 Å². The van der Waals surface area contributed by atoms with Crippen molar-refractivity contribution in [1.29, 1.82) is 0 Å². The Hall–Kier alpha value is -3.88. The summed E-state index contributed by atoms with van der Waals surface area (Å²) < 4.78 is 27.2. The van der Waals surface area contributed by atoms with Gasteiger partial charge in [-0.3, -0.25) is 0 Å². The Balaban J connectivity index is 1.87. The van der Waals surface area contributed by atoms with E-state index in [0.717, 1.165) is 25.0 Å². The molecule has 1 aromatic carbocycles. The molecule has 1 aliphatic carbocycles. The summed E-state index contributed by atoms with van der Waals surface area (Å²) in [4.78, 5) is 24.6. The van der Waals surface area contributed by atoms with Crippen molar-refractivity contribution in [2.75, 3.05) is 10.6 Å². The van der Waals surface area contributed by atoms with E-state index in [9.17, 15) is 18.7 Å². The van der Waals surface area contributed by atoms with Crippen LogP contribution in [0, 0.1) is 11.6 Å². The van der Waals surface area contributed by atoms with Gasteiger partial charge in [-0.2, -0.15) is 0 Å². The molecule has 1 fully saturated rings. The van der Waals surface area contributed by atoms with Gasteiger partial charge in [0.05, 0.1) is 16.6 Å². The predicted molar refractivity (Wildman–Crippen MR) is 114 cm³/mol. The van der Waals surface area contributed by atoms with E-state index >= 15 is 0 Å². The summed E-state index contributed by atoms with van der Waals surface area (Å²) in [6, 6.07) is 3.42. The van der Waals surface area contributed by atoms with Crippen LogP contribution in [0.15, 0.2) is 36.5 Å². The number of carbonyl (C=O) groups is 1. The zero-order valence-electron chi connectivity index (χ0n) is 16.6. The Kier molecular flexibility index (Phi) is 5.33. The number of fused-ring (bicyclic) bond motifs is 1. The summed E-state index contributed by atoms with van der Waals surface area (Å²) in [6.45, 7) is 5.35. The number of benzene rings is 1. The van der Waals surface area contributed by atoms with E-state index in [4.69, 9.17) is 0 Å². The first-order valence-electron chi connectivity index (χ1n) is 9.61. The maximum atomic E-state index is 14.0. The minimum atomic E-state index is -1.14. The van der Waals surface area contributed by atoms with Crippen LogP contribution in [0.5, 0.6) is 0 Å². The highest BCUT2D eigenvalue weighted by Crippen LogP contribution is 2.27. The zero-order chi connectivity index (χ0) is 22.1. The topological polar surface area (TPSA) is 100 Å². The third-order valence-corrected chi connectivity index (χ3v) is 4.78. The van der Waals surface area contributed by atoms with Crippen molar-refractivity contribution in [2.45, 2.75) is 25.8 Å². The molecule has 0 unspecified atom stereocenters. The number of hydrogen-bond acceptors (Lipinski definition) is 6. The highest BCUT2D eigenvalue weighted by Gasteiger charge is 2.23. The van der Waals surface area contributed by atoms with Crippen molar-refractivity contribution in [3.63, 3.8) is 0 Å². The molecule has 0 atom stereocenters. The summed E-state index contributed by atoms with van der Waals surface area (Å²) in [5, 5.41) is 17.0. The van der Waals surface area contributed by atoms with Crippen molar-refractivity contribution < 1.29 is 18.7 Å². The van der Waals surface area contributed by atoms with Crippen LogP contribution in [0.25, 0.3) is 23.1 Å². The second-order valence-electron chi connectivity index (χ2n) is 7.15. The molecule has 0 amide bonds. The molecule has 7 nitrogen and oxygen atoms in total. The van der Waals surface area contributed by atoms with Gasteiger partial charge in [0.2, 0.25) is 5.95 Å². The minimum Gasteiger partial charge on any atom is -0.478 e. The van der Waals surface area contributed by atoms with E-state index in [0.29, 0.717) is 27.3 Å². The third-order valence-electron chi connectivity index (χ3n) is 4.78. The van der Waals surface area contributed by atoms with Gasteiger partial charge < -0.3 is 15.7 Å². The first-order valence-corrected chi connectivity index (χ1v) is 9.61. The summed E-state index contributed by atoms with van der Waals surface area (Å²) in [6.07, 6.45) is 6.72. The van der Waals surface area contributed by atoms with Gasteiger partial charge in [-0.25, -0.2) is 28.5 Å². The SMILES string of the molecule is C=C(/C=c1/nc(NC2CC2)c2nc(Nc3ccc(F)cc3F)ncc2/c1=C/C)C(=O)O. The highest BCUT2D eigenvalue weighted by molar-refractivity contribution is 5.96. The lowest BCUT2D eigenvalue weighted by molar-refractivity contribution is -0.132. The Morgan fingerprint density at radius 2 is 2.06 bits per heavy atom. The van der Waals surface area contributed by atoms with Gasteiger partial charge in [-0.05, 0) is 38.0 Å². The van der Waals surface area contributed by atoms with Gasteiger partial charge in [0.25, 0.3) is 0 Å². The van der Waals surface area contributed by atoms with E-state index in [1.165, 1.54) is 12.1 Å². The van der Waals surface area contributed by atoms with Crippen LogP contribution in [0.3, 0.4) is 0 Å². The normalized spacial score (nSPS) is 14.7. The van der Waals surface area contributed by atoms with Gasteiger partial charge in [0.1, 0.15) is 17.2 Å². The Bertz CT molecular complexity index is 1340. The number of anilines is 3. The van der Waals surface area contributed by atoms with E-state index < -0.39 is 17.6 Å². The monoisotopic (exact) mass is 423 g/mol. The second-order valence-corrected chi connectivity index (χ2v) is 7.15. The summed E-state index contributed by atoms with van der Waals surface area (Å²) in [7, 11) is 0. The molecule has 9 heteroatoms. The van der Waals surface area contributed by atoms with E-state index in [-0.39, 0.29) is 23.3 Å². The molecule has 158 valence electrons. The van der Waals surface area contributed by atoms with Crippen LogP contribution in [-0.2, 0) is 4.79 Å². The molecule has 0 bridgehead atoms. The largest absolute Gasteiger partial charge is 0.478 e. The van der Waals surface area contributed by atoms with Crippen LogP contribution in [0.4, 0.5) is 26.2 Å². The molecule has 0 radical (unpaired) electrons. The van der Waals surface area contributed by atoms with Crippen LogP contribution in [-0.4, -0.2) is 32.1 Å². The fourth-order valence-corrected chi connectivity index (χ4v) is 3.06. The molecular formula is C22H19F2N5O2. The van der Waals surface area contributed by atoms with E-state index in [1.54, 1.807) is 19.2 Å². The Labute approximate surface area is 175 Å². The van der Waals surface area contributed by atoms with Gasteiger partial charge in [0, 0.05) is 28.9 Å². The lowest BCUT2D eigenvalue weighted by Crippen LogP contribution is -2.31. The molecule has 1 aliphatic rings. The molecule has 3 N–H and O–H groups in total. The molecule has 0 saturated heterocycles. The number of rotatable bonds is 6. The number of aromatic nitrogens is 3. The molecule has 2 aromatic heterocycles. The number of nitrogens with zero attached hydrogens (tertiary/aromatic N) is 3. The fraction of sp³-hybridized carbons (Fsp3) is 0.182. The average Bonchev–Trinajstić information content (AvgIpc) is 3.54. The average molecular weight is 423 g/mol. The number of aliphatic carboxylic acids is 1. The molecule has 1 saturated carbocycles. The molecule has 31 heavy (non-hydrogen) atoms. The number of carboxylic acids is 1. The molecule has 2 heterocycles. The second kappa shape index (κ2) is 8.10. The van der Waals surface area contributed by atoms with Crippen LogP contribution >= 0.6 is 0 Å². The lowest BCUT2D eigenvalue weighted by Gasteiger charge is -2.11. The molecule has 0 spiro atoms. The highest BCUT2D eigenvalue weighted by atomic mass is 19.1. The van der Waals surface area contributed by atoms with Crippen molar-refractivity contribution in [3.05, 3.63) is 58.8 Å². The first kappa shape index (κ1) is 20.4. The standard InChI is InChI=1S/C22H19F2N5O2/c1-3-14-15-10-25-22(28-17-7-4-12(23)9-16(17)24)29-19(15)20(26-13-5-6-13)27-18(14)8-11(2)21(30)31/h3-4,7-10,13H,2,5-6H2,1H3,(H,26,27)(H,30,31)(H,25,28,29)/b14-3-,18-8+. The molecule has 3 aromatic rings. The van der Waals surface area contributed by atoms with Crippen molar-refractivity contribution >= 4 is 46.5 Å². The van der Waals surface area contributed by atoms with Gasteiger partial charge in [0.15, 0.2) is 5.82 Å². The lowest BCUT2D eigenvalue weighted by atomic mass is 10.1.